The van der Waals surface area contributed by atoms with Gasteiger partial charge in [-0.3, -0.25) is 0 Å². The molecule has 1 saturated carbocycles. The lowest BCUT2D eigenvalue weighted by atomic mass is 9.49. The van der Waals surface area contributed by atoms with Gasteiger partial charge in [0, 0.05) is 28.0 Å². The number of rotatable bonds is 6. The molecule has 5 aromatic carbocycles. The highest BCUT2D eigenvalue weighted by molar-refractivity contribution is 6.82. The topological polar surface area (TPSA) is 38.1 Å². The summed E-state index contributed by atoms with van der Waals surface area (Å²) < 4.78 is 21.0. The van der Waals surface area contributed by atoms with Gasteiger partial charge in [0.05, 0.1) is 19.9 Å². The molecule has 0 radical (unpaired) electrons. The molecule has 54 heavy (non-hydrogen) atoms. The molecule has 4 atom stereocenters. The summed E-state index contributed by atoms with van der Waals surface area (Å²) in [5, 5.41) is 5.86. The van der Waals surface area contributed by atoms with Crippen molar-refractivity contribution in [1.82, 2.24) is 4.57 Å². The average Bonchev–Trinajstić information content (AvgIpc) is 3.83. The van der Waals surface area contributed by atoms with E-state index in [4.69, 9.17) is 22.1 Å². The van der Waals surface area contributed by atoms with Gasteiger partial charge in [-0.25, -0.2) is 9.14 Å². The van der Waals surface area contributed by atoms with Crippen LogP contribution in [0.5, 0.6) is 0 Å². The van der Waals surface area contributed by atoms with E-state index < -0.39 is 13.6 Å². The Labute approximate surface area is 316 Å². The van der Waals surface area contributed by atoms with Gasteiger partial charge in [0.1, 0.15) is 29.0 Å². The monoisotopic (exact) mass is 723 g/mol. The lowest BCUT2D eigenvalue weighted by molar-refractivity contribution is -0.784. The Bertz CT molecular complexity index is 2970. The van der Waals surface area contributed by atoms with Crippen LogP contribution in [0.1, 0.15) is 19.4 Å². The largest absolute Gasteiger partial charge is 0.455 e. The smallest absolute Gasteiger partial charge is 0.299 e. The van der Waals surface area contributed by atoms with Crippen LogP contribution in [-0.4, -0.2) is 30.0 Å². The molecule has 1 fully saturated rings. The van der Waals surface area contributed by atoms with Crippen molar-refractivity contribution < 1.29 is 18.0 Å². The number of imidazole rings is 1. The van der Waals surface area contributed by atoms with Crippen LogP contribution in [0.2, 0.25) is 19.6 Å². The van der Waals surface area contributed by atoms with E-state index in [0.717, 1.165) is 84.0 Å². The lowest BCUT2D eigenvalue weighted by Crippen LogP contribution is -2.80. The van der Waals surface area contributed by atoms with Gasteiger partial charge in [-0.2, -0.15) is 4.57 Å². The minimum absolute atomic E-state index is 0.0619. The highest BCUT2D eigenvalue weighted by Gasteiger charge is 2.72. The summed E-state index contributed by atoms with van der Waals surface area (Å²) in [5.41, 5.74) is 9.89. The van der Waals surface area contributed by atoms with Gasteiger partial charge >= 0.3 is 0 Å². The fourth-order valence-electron chi connectivity index (χ4n) is 9.97. The Balaban J connectivity index is 1.35. The summed E-state index contributed by atoms with van der Waals surface area (Å²) in [7, 11) is -1.54. The third-order valence-electron chi connectivity index (χ3n) is 12.7. The number of furan rings is 2. The summed E-state index contributed by atoms with van der Waals surface area (Å²) in [6.45, 7) is 25.6. The van der Waals surface area contributed by atoms with Gasteiger partial charge in [-0.15, -0.1) is 6.58 Å². The van der Waals surface area contributed by atoms with E-state index in [0.29, 0.717) is 0 Å². The number of hydrogen-bond donors (Lipinski definition) is 0. The van der Waals surface area contributed by atoms with Crippen LogP contribution < -0.4 is 4.57 Å². The fourth-order valence-corrected chi connectivity index (χ4v) is 10.5. The molecule has 1 aliphatic heterocycles. The maximum Gasteiger partial charge on any atom is 0.299 e. The number of fused-ring (bicyclic) bond motifs is 13. The SMILES string of the molecule is C=CC1C([N+](=C)/C=C(\C)[Si](C)(C)C)C(C(=C)C)C12Cc1ccc3c(oc4ccccc43)c1-c1n(-c3cccc4c3oc3ccccc34)c3ccccc3[n+]12. The van der Waals surface area contributed by atoms with Crippen molar-refractivity contribution in [2.75, 3.05) is 0 Å². The number of nitrogens with zero attached hydrogens (tertiary/aromatic N) is 3. The van der Waals surface area contributed by atoms with Crippen LogP contribution in [0.4, 0.5) is 0 Å². The predicted molar refractivity (Wildman–Crippen MR) is 225 cm³/mol. The highest BCUT2D eigenvalue weighted by Crippen LogP contribution is 2.58. The van der Waals surface area contributed by atoms with Crippen LogP contribution in [0.15, 0.2) is 148 Å². The van der Waals surface area contributed by atoms with E-state index >= 15 is 0 Å². The molecule has 3 aromatic heterocycles. The zero-order chi connectivity index (χ0) is 37.3. The first-order chi connectivity index (χ1) is 26.0. The molecule has 10 rings (SSSR count). The second-order valence-electron chi connectivity index (χ2n) is 16.6. The van der Waals surface area contributed by atoms with Crippen LogP contribution in [-0.2, 0) is 12.0 Å². The van der Waals surface area contributed by atoms with Crippen molar-refractivity contribution in [3.63, 3.8) is 0 Å². The average molecular weight is 724 g/mol. The van der Waals surface area contributed by atoms with Crippen molar-refractivity contribution in [2.24, 2.45) is 11.8 Å². The number of hydrogen-bond acceptors (Lipinski definition) is 2. The molecule has 0 N–H and O–H groups in total. The van der Waals surface area contributed by atoms with Crippen LogP contribution in [0, 0.1) is 11.8 Å². The number of para-hydroxylation sites is 5. The Morgan fingerprint density at radius 3 is 2.13 bits per heavy atom. The molecule has 4 heterocycles. The molecule has 6 heteroatoms. The highest BCUT2D eigenvalue weighted by atomic mass is 28.3. The molecule has 2 aliphatic rings. The van der Waals surface area contributed by atoms with E-state index in [-0.39, 0.29) is 17.9 Å². The Morgan fingerprint density at radius 1 is 0.815 bits per heavy atom. The van der Waals surface area contributed by atoms with Gasteiger partial charge < -0.3 is 8.83 Å². The number of aromatic nitrogens is 2. The Morgan fingerprint density at radius 2 is 1.44 bits per heavy atom. The van der Waals surface area contributed by atoms with E-state index in [9.17, 15) is 0 Å². The van der Waals surface area contributed by atoms with E-state index in [1.54, 1.807) is 0 Å². The number of allylic oxidation sites excluding steroid dienone is 1. The van der Waals surface area contributed by atoms with Crippen LogP contribution in [0.25, 0.3) is 72.0 Å². The molecule has 4 unspecified atom stereocenters. The molecule has 0 amide bonds. The molecule has 1 aliphatic carbocycles. The van der Waals surface area contributed by atoms with Crippen molar-refractivity contribution in [3.8, 4) is 17.1 Å². The normalized spacial score (nSPS) is 21.2. The quantitative estimate of drug-likeness (QED) is 0.0741. The third kappa shape index (κ3) is 4.26. The van der Waals surface area contributed by atoms with Crippen LogP contribution in [0.3, 0.4) is 0 Å². The molecule has 0 saturated heterocycles. The van der Waals surface area contributed by atoms with Gasteiger partial charge in [-0.1, -0.05) is 111 Å². The van der Waals surface area contributed by atoms with Crippen LogP contribution >= 0.6 is 0 Å². The van der Waals surface area contributed by atoms with E-state index in [1.165, 1.54) is 10.8 Å². The Kier molecular flexibility index (Phi) is 6.94. The molecular formula is C48H45N3O2Si+2. The molecule has 0 bridgehead atoms. The minimum atomic E-state index is -1.54. The zero-order valence-corrected chi connectivity index (χ0v) is 32.7. The summed E-state index contributed by atoms with van der Waals surface area (Å²) in [6.07, 6.45) is 5.29. The molecule has 8 aromatic rings. The minimum Gasteiger partial charge on any atom is -0.455 e. The maximum atomic E-state index is 6.90. The second-order valence-corrected chi connectivity index (χ2v) is 21.9. The van der Waals surface area contributed by atoms with Gasteiger partial charge in [0.25, 0.3) is 5.82 Å². The first kappa shape index (κ1) is 32.9. The molecule has 5 nitrogen and oxygen atoms in total. The van der Waals surface area contributed by atoms with Crippen molar-refractivity contribution in [1.29, 1.82) is 0 Å². The van der Waals surface area contributed by atoms with Gasteiger partial charge in [0.2, 0.25) is 0 Å². The van der Waals surface area contributed by atoms with Crippen molar-refractivity contribution in [3.05, 3.63) is 145 Å². The summed E-state index contributed by atoms with van der Waals surface area (Å²) in [6, 6.07) is 36.8. The maximum absolute atomic E-state index is 6.90. The summed E-state index contributed by atoms with van der Waals surface area (Å²) in [4.78, 5) is 0. The second kappa shape index (κ2) is 11.4. The fraction of sp³-hybridized carbons (Fsp3) is 0.208. The van der Waals surface area contributed by atoms with Crippen molar-refractivity contribution >= 4 is 69.7 Å². The Hall–Kier alpha value is -5.72. The molecule has 266 valence electrons. The third-order valence-corrected chi connectivity index (χ3v) is 15.2. The first-order valence-corrected chi connectivity index (χ1v) is 22.5. The van der Waals surface area contributed by atoms with Gasteiger partial charge in [-0.05, 0) is 54.9 Å². The summed E-state index contributed by atoms with van der Waals surface area (Å²) >= 11 is 0. The first-order valence-electron chi connectivity index (χ1n) is 19.0. The number of benzene rings is 5. The molecular weight excluding hydrogens is 679 g/mol. The summed E-state index contributed by atoms with van der Waals surface area (Å²) in [5.74, 6) is 1.22. The molecule has 1 spiro atoms. The zero-order valence-electron chi connectivity index (χ0n) is 31.7. The van der Waals surface area contributed by atoms with E-state index in [2.05, 4.69) is 163 Å². The van der Waals surface area contributed by atoms with Crippen molar-refractivity contribution in [2.45, 2.75) is 51.5 Å². The lowest BCUT2D eigenvalue weighted by Gasteiger charge is -2.56. The van der Waals surface area contributed by atoms with E-state index in [1.807, 2.05) is 6.07 Å². The standard InChI is InChI=1S/C48H45N3O2Si/c1-9-36-44(49(5)28-30(4)54(6,7)8)43(29(2)3)48(36)27-31-25-26-35-33-18-11-15-24-41(33)53-46(35)42(31)47-50(37-20-12-13-21-38(37)51(47)48)39-22-16-19-34-32-17-10-14-23-40(32)52-45(34)39/h9-26,28,36,43-44H,1-2,5,27H2,3-4,6-8H3/q+2/b30-28+. The van der Waals surface area contributed by atoms with Gasteiger partial charge in [0.15, 0.2) is 40.1 Å². The predicted octanol–water partition coefficient (Wildman–Crippen LogP) is 11.5.